The van der Waals surface area contributed by atoms with Crippen LogP contribution in [0.1, 0.15) is 20.7 Å². The molecule has 0 unspecified atom stereocenters. The van der Waals surface area contributed by atoms with Gasteiger partial charge >= 0.3 is 0 Å². The molecular weight excluding hydrogens is 441 g/mol. The predicted octanol–water partition coefficient (Wildman–Crippen LogP) is 1.21. The van der Waals surface area contributed by atoms with Crippen LogP contribution in [0.15, 0.2) is 53.6 Å². The van der Waals surface area contributed by atoms with E-state index in [1.54, 1.807) is 6.07 Å². The second-order valence-corrected chi connectivity index (χ2v) is 7.91. The molecule has 0 saturated carbocycles. The van der Waals surface area contributed by atoms with Crippen LogP contribution >= 0.6 is 0 Å². The largest absolute Gasteiger partial charge is 0.365 e. The molecule has 0 bridgehead atoms. The molecule has 1 heterocycles. The lowest BCUT2D eigenvalue weighted by molar-refractivity contribution is 0.0961. The van der Waals surface area contributed by atoms with Gasteiger partial charge in [-0.1, -0.05) is 12.1 Å². The summed E-state index contributed by atoms with van der Waals surface area (Å²) in [6.07, 6.45) is 1.08. The van der Waals surface area contributed by atoms with E-state index in [0.29, 0.717) is 0 Å². The summed E-state index contributed by atoms with van der Waals surface area (Å²) in [5.41, 5.74) is 5.33. The Kier molecular flexibility index (Phi) is 6.32. The average Bonchev–Trinajstić information content (AvgIpc) is 2.74. The van der Waals surface area contributed by atoms with Gasteiger partial charge in [-0.3, -0.25) is 9.59 Å². The van der Waals surface area contributed by atoms with Crippen molar-refractivity contribution < 1.29 is 22.4 Å². The minimum Gasteiger partial charge on any atom is -0.365 e. The third-order valence-electron chi connectivity index (χ3n) is 4.20. The van der Waals surface area contributed by atoms with Gasteiger partial charge in [-0.25, -0.2) is 22.9 Å². The Morgan fingerprint density at radius 1 is 1.06 bits per heavy atom. The SMILES string of the molecule is CNC(=O)c1ccc(F)c(Nc2ncc(C(N)=O)c(Nc3ccccc3S(N)(=O)=O)n2)c1. The van der Waals surface area contributed by atoms with Crippen LogP contribution in [0.3, 0.4) is 0 Å². The molecule has 0 aliphatic heterocycles. The molecule has 3 rings (SSSR count). The van der Waals surface area contributed by atoms with Gasteiger partial charge in [0, 0.05) is 18.8 Å². The number of aromatic nitrogens is 2. The van der Waals surface area contributed by atoms with E-state index < -0.39 is 27.7 Å². The van der Waals surface area contributed by atoms with E-state index in [-0.39, 0.29) is 39.2 Å². The van der Waals surface area contributed by atoms with Gasteiger partial charge in [0.05, 0.1) is 11.4 Å². The highest BCUT2D eigenvalue weighted by Gasteiger charge is 2.18. The first-order chi connectivity index (χ1) is 15.1. The zero-order chi connectivity index (χ0) is 23.5. The molecule has 0 spiro atoms. The fourth-order valence-corrected chi connectivity index (χ4v) is 3.38. The Labute approximate surface area is 182 Å². The highest BCUT2D eigenvalue weighted by molar-refractivity contribution is 7.89. The monoisotopic (exact) mass is 459 g/mol. The van der Waals surface area contributed by atoms with Gasteiger partial charge in [0.25, 0.3) is 11.8 Å². The molecule has 7 N–H and O–H groups in total. The van der Waals surface area contributed by atoms with Crippen molar-refractivity contribution in [1.82, 2.24) is 15.3 Å². The topological polar surface area (TPSA) is 182 Å². The molecule has 0 aliphatic rings. The average molecular weight is 459 g/mol. The number of benzene rings is 2. The summed E-state index contributed by atoms with van der Waals surface area (Å²) < 4.78 is 37.9. The number of primary amides is 1. The molecule has 11 nitrogen and oxygen atoms in total. The van der Waals surface area contributed by atoms with Crippen LogP contribution < -0.4 is 26.8 Å². The Morgan fingerprint density at radius 3 is 2.44 bits per heavy atom. The van der Waals surface area contributed by atoms with E-state index in [9.17, 15) is 22.4 Å². The van der Waals surface area contributed by atoms with Crippen molar-refractivity contribution in [2.75, 3.05) is 17.7 Å². The van der Waals surface area contributed by atoms with Crippen LogP contribution in [0.5, 0.6) is 0 Å². The molecule has 2 aromatic carbocycles. The lowest BCUT2D eigenvalue weighted by Crippen LogP contribution is -2.18. The molecule has 13 heteroatoms. The van der Waals surface area contributed by atoms with Crippen LogP contribution in [0.25, 0.3) is 0 Å². The quantitative estimate of drug-likeness (QED) is 0.349. The molecular formula is C19H18FN7O4S. The summed E-state index contributed by atoms with van der Waals surface area (Å²) in [7, 11) is -2.66. The Bertz CT molecular complexity index is 1310. The van der Waals surface area contributed by atoms with E-state index in [0.717, 1.165) is 12.3 Å². The van der Waals surface area contributed by atoms with Crippen molar-refractivity contribution in [3.63, 3.8) is 0 Å². The number of para-hydroxylation sites is 1. The maximum atomic E-state index is 14.2. The Morgan fingerprint density at radius 2 is 1.78 bits per heavy atom. The highest BCUT2D eigenvalue weighted by Crippen LogP contribution is 2.26. The van der Waals surface area contributed by atoms with Crippen molar-refractivity contribution in [2.24, 2.45) is 10.9 Å². The van der Waals surface area contributed by atoms with Crippen molar-refractivity contribution in [2.45, 2.75) is 4.90 Å². The molecule has 2 amide bonds. The van der Waals surface area contributed by atoms with Gasteiger partial charge in [0.2, 0.25) is 16.0 Å². The van der Waals surface area contributed by atoms with E-state index >= 15 is 0 Å². The molecule has 166 valence electrons. The molecule has 1 aromatic heterocycles. The second-order valence-electron chi connectivity index (χ2n) is 6.39. The fourth-order valence-electron chi connectivity index (χ4n) is 2.69. The van der Waals surface area contributed by atoms with Crippen LogP contribution in [-0.2, 0) is 10.0 Å². The van der Waals surface area contributed by atoms with Gasteiger partial charge in [-0.05, 0) is 30.3 Å². The summed E-state index contributed by atoms with van der Waals surface area (Å²) in [6.45, 7) is 0. The third kappa shape index (κ3) is 4.96. The first-order valence-corrected chi connectivity index (χ1v) is 10.5. The molecule has 0 radical (unpaired) electrons. The predicted molar refractivity (Wildman–Crippen MR) is 115 cm³/mol. The number of rotatable bonds is 7. The van der Waals surface area contributed by atoms with Gasteiger partial charge in [-0.2, -0.15) is 4.98 Å². The maximum Gasteiger partial charge on any atom is 0.254 e. The summed E-state index contributed by atoms with van der Waals surface area (Å²) >= 11 is 0. The number of amides is 2. The molecule has 0 fully saturated rings. The molecule has 32 heavy (non-hydrogen) atoms. The summed E-state index contributed by atoms with van der Waals surface area (Å²) in [6, 6.07) is 9.33. The van der Waals surface area contributed by atoms with Gasteiger partial charge in [0.1, 0.15) is 22.1 Å². The van der Waals surface area contributed by atoms with E-state index in [2.05, 4.69) is 25.9 Å². The van der Waals surface area contributed by atoms with E-state index in [1.165, 1.54) is 37.4 Å². The second kappa shape index (κ2) is 8.95. The first-order valence-electron chi connectivity index (χ1n) is 8.94. The molecule has 0 saturated heterocycles. The lowest BCUT2D eigenvalue weighted by Gasteiger charge is -2.14. The standard InChI is InChI=1S/C19H18FN7O4S/c1-23-18(29)10-6-7-12(20)14(8-10)26-19-24-9-11(16(21)28)17(27-19)25-13-4-2-3-5-15(13)32(22,30)31/h2-9H,1H3,(H2,21,28)(H,23,29)(H2,22,30,31)(H2,24,25,26,27). The smallest absolute Gasteiger partial charge is 0.254 e. The van der Waals surface area contributed by atoms with Crippen LogP contribution in [0, 0.1) is 5.82 Å². The molecule has 0 atom stereocenters. The summed E-state index contributed by atoms with van der Waals surface area (Å²) in [4.78, 5) is 31.4. The molecule has 3 aromatic rings. The minimum atomic E-state index is -4.09. The summed E-state index contributed by atoms with van der Waals surface area (Å²) in [5.74, 6) is -2.30. The fraction of sp³-hybridized carbons (Fsp3) is 0.0526. The Hall–Kier alpha value is -4.10. The minimum absolute atomic E-state index is 0.0370. The molecule has 0 aliphatic carbocycles. The third-order valence-corrected chi connectivity index (χ3v) is 5.17. The normalized spacial score (nSPS) is 11.0. The van der Waals surface area contributed by atoms with Crippen molar-refractivity contribution >= 4 is 45.0 Å². The van der Waals surface area contributed by atoms with Crippen molar-refractivity contribution in [3.8, 4) is 0 Å². The number of nitrogens with one attached hydrogen (secondary N) is 3. The number of carbonyl (C=O) groups is 2. The first kappa shape index (κ1) is 22.6. The Balaban J connectivity index is 2.02. The number of sulfonamides is 1. The lowest BCUT2D eigenvalue weighted by atomic mass is 10.2. The summed E-state index contributed by atoms with van der Waals surface area (Å²) in [5, 5.41) is 13.0. The number of anilines is 4. The maximum absolute atomic E-state index is 14.2. The van der Waals surface area contributed by atoms with E-state index in [1.807, 2.05) is 0 Å². The number of nitrogens with zero attached hydrogens (tertiary/aromatic N) is 2. The number of nitrogens with two attached hydrogens (primary N) is 2. The zero-order valence-corrected chi connectivity index (χ0v) is 17.4. The van der Waals surface area contributed by atoms with Gasteiger partial charge in [-0.15, -0.1) is 0 Å². The number of hydrogen-bond acceptors (Lipinski definition) is 8. The highest BCUT2D eigenvalue weighted by atomic mass is 32.2. The number of primary sulfonamides is 1. The van der Waals surface area contributed by atoms with Gasteiger partial charge in [0.15, 0.2) is 0 Å². The number of halogens is 1. The van der Waals surface area contributed by atoms with Crippen LogP contribution in [0.2, 0.25) is 0 Å². The number of hydrogen-bond donors (Lipinski definition) is 5. The van der Waals surface area contributed by atoms with Crippen molar-refractivity contribution in [1.29, 1.82) is 0 Å². The number of carbonyl (C=O) groups excluding carboxylic acids is 2. The van der Waals surface area contributed by atoms with Crippen molar-refractivity contribution in [3.05, 3.63) is 65.6 Å². The van der Waals surface area contributed by atoms with Crippen LogP contribution in [0.4, 0.5) is 27.5 Å². The van der Waals surface area contributed by atoms with Gasteiger partial charge < -0.3 is 21.7 Å². The van der Waals surface area contributed by atoms with E-state index in [4.69, 9.17) is 10.9 Å². The van der Waals surface area contributed by atoms with Crippen LogP contribution in [-0.4, -0.2) is 37.2 Å². The zero-order valence-electron chi connectivity index (χ0n) is 16.6.